The summed E-state index contributed by atoms with van der Waals surface area (Å²) in [5.74, 6) is 0. The maximum Gasteiger partial charge on any atom is 0.187 e. The predicted molar refractivity (Wildman–Crippen MR) is 97.7 cm³/mol. The maximum absolute atomic E-state index is 5.54. The third-order valence-corrected chi connectivity index (χ3v) is 5.12. The lowest BCUT2D eigenvalue weighted by molar-refractivity contribution is 0.114. The van der Waals surface area contributed by atoms with Gasteiger partial charge in [0, 0.05) is 31.1 Å². The van der Waals surface area contributed by atoms with Crippen LogP contribution in [0, 0.1) is 0 Å². The average Bonchev–Trinajstić information content (AvgIpc) is 3.26. The third-order valence-electron chi connectivity index (χ3n) is 3.81. The number of thiocarbonyl (C=S) groups is 1. The van der Waals surface area contributed by atoms with Crippen molar-refractivity contribution in [3.8, 4) is 0 Å². The molecule has 0 aromatic carbocycles. The van der Waals surface area contributed by atoms with Gasteiger partial charge in [-0.15, -0.1) is 11.3 Å². The van der Waals surface area contributed by atoms with Crippen LogP contribution in [-0.4, -0.2) is 56.9 Å². The summed E-state index contributed by atoms with van der Waals surface area (Å²) in [5.41, 5.74) is 2.85. The van der Waals surface area contributed by atoms with Gasteiger partial charge in [-0.3, -0.25) is 5.43 Å². The Kier molecular flexibility index (Phi) is 6.21. The van der Waals surface area contributed by atoms with Crippen LogP contribution in [0.4, 0.5) is 5.00 Å². The van der Waals surface area contributed by atoms with Gasteiger partial charge in [-0.25, -0.2) is 0 Å². The fourth-order valence-electron chi connectivity index (χ4n) is 2.57. The molecule has 0 spiro atoms. The van der Waals surface area contributed by atoms with Crippen molar-refractivity contribution in [2.75, 3.05) is 44.4 Å². The van der Waals surface area contributed by atoms with E-state index < -0.39 is 0 Å². The minimum absolute atomic E-state index is 0.270. The largest absolute Gasteiger partial charge is 0.378 e. The number of hydrazone groups is 1. The van der Waals surface area contributed by atoms with Crippen LogP contribution in [0.3, 0.4) is 0 Å². The first-order chi connectivity index (χ1) is 11.3. The van der Waals surface area contributed by atoms with E-state index in [1.165, 1.54) is 5.00 Å². The molecule has 3 heterocycles. The van der Waals surface area contributed by atoms with Crippen molar-refractivity contribution in [1.29, 1.82) is 0 Å². The SMILES string of the molecule is S=C(NCC1CCCO1)NN=Cc1ccc(N2CCOCC2)s1. The molecule has 6 nitrogen and oxygen atoms in total. The zero-order chi connectivity index (χ0) is 15.9. The number of thiophene rings is 1. The van der Waals surface area contributed by atoms with Gasteiger partial charge in [-0.2, -0.15) is 5.10 Å². The van der Waals surface area contributed by atoms with Gasteiger partial charge in [0.1, 0.15) is 0 Å². The van der Waals surface area contributed by atoms with Crippen LogP contribution in [-0.2, 0) is 9.47 Å². The lowest BCUT2D eigenvalue weighted by Crippen LogP contribution is -2.37. The summed E-state index contributed by atoms with van der Waals surface area (Å²) < 4.78 is 10.9. The second-order valence-electron chi connectivity index (χ2n) is 5.49. The Hall–Kier alpha value is -1.22. The minimum Gasteiger partial charge on any atom is -0.378 e. The number of rotatable bonds is 5. The van der Waals surface area contributed by atoms with Crippen LogP contribution in [0.25, 0.3) is 0 Å². The molecule has 3 rings (SSSR count). The highest BCUT2D eigenvalue weighted by molar-refractivity contribution is 7.80. The van der Waals surface area contributed by atoms with Gasteiger partial charge in [0.05, 0.1) is 30.5 Å². The molecule has 1 atom stereocenters. The summed E-state index contributed by atoms with van der Waals surface area (Å²) >= 11 is 6.92. The summed E-state index contributed by atoms with van der Waals surface area (Å²) in [6, 6.07) is 4.20. The minimum atomic E-state index is 0.270. The zero-order valence-corrected chi connectivity index (χ0v) is 14.6. The first-order valence-electron chi connectivity index (χ1n) is 7.92. The van der Waals surface area contributed by atoms with Gasteiger partial charge in [0.15, 0.2) is 5.11 Å². The fourth-order valence-corrected chi connectivity index (χ4v) is 3.64. The third kappa shape index (κ3) is 5.13. The number of ether oxygens (including phenoxy) is 2. The van der Waals surface area contributed by atoms with Crippen molar-refractivity contribution in [2.24, 2.45) is 5.10 Å². The summed E-state index contributed by atoms with van der Waals surface area (Å²) in [7, 11) is 0. The predicted octanol–water partition coefficient (Wildman–Crippen LogP) is 1.56. The van der Waals surface area contributed by atoms with E-state index in [2.05, 4.69) is 32.9 Å². The Morgan fingerprint density at radius 1 is 1.39 bits per heavy atom. The molecule has 2 aliphatic rings. The number of anilines is 1. The van der Waals surface area contributed by atoms with Crippen LogP contribution in [0.2, 0.25) is 0 Å². The Morgan fingerprint density at radius 3 is 3.04 bits per heavy atom. The van der Waals surface area contributed by atoms with E-state index in [1.807, 2.05) is 0 Å². The quantitative estimate of drug-likeness (QED) is 0.475. The van der Waals surface area contributed by atoms with Crippen molar-refractivity contribution in [2.45, 2.75) is 18.9 Å². The highest BCUT2D eigenvalue weighted by Crippen LogP contribution is 2.25. The molecular weight excluding hydrogens is 332 g/mol. The first kappa shape index (κ1) is 16.6. The normalized spacial score (nSPS) is 21.7. The molecule has 1 unspecified atom stereocenters. The molecule has 0 radical (unpaired) electrons. The molecule has 2 saturated heterocycles. The van der Waals surface area contributed by atoms with Gasteiger partial charge in [0.25, 0.3) is 0 Å². The van der Waals surface area contributed by atoms with E-state index in [4.69, 9.17) is 21.7 Å². The molecule has 23 heavy (non-hydrogen) atoms. The van der Waals surface area contributed by atoms with Crippen molar-refractivity contribution in [3.63, 3.8) is 0 Å². The zero-order valence-electron chi connectivity index (χ0n) is 13.0. The van der Waals surface area contributed by atoms with Crippen molar-refractivity contribution in [3.05, 3.63) is 17.0 Å². The van der Waals surface area contributed by atoms with Crippen LogP contribution in [0.1, 0.15) is 17.7 Å². The molecule has 2 N–H and O–H groups in total. The van der Waals surface area contributed by atoms with Gasteiger partial charge >= 0.3 is 0 Å². The number of nitrogens with zero attached hydrogens (tertiary/aromatic N) is 2. The molecule has 126 valence electrons. The average molecular weight is 355 g/mol. The highest BCUT2D eigenvalue weighted by Gasteiger charge is 2.15. The van der Waals surface area contributed by atoms with Crippen molar-refractivity contribution < 1.29 is 9.47 Å². The molecular formula is C15H22N4O2S2. The van der Waals surface area contributed by atoms with Crippen LogP contribution in [0.5, 0.6) is 0 Å². The van der Waals surface area contributed by atoms with E-state index >= 15 is 0 Å². The monoisotopic (exact) mass is 354 g/mol. The van der Waals surface area contributed by atoms with E-state index in [1.54, 1.807) is 17.6 Å². The van der Waals surface area contributed by atoms with Gasteiger partial charge < -0.3 is 19.7 Å². The molecule has 0 aliphatic carbocycles. The number of morpholine rings is 1. The van der Waals surface area contributed by atoms with E-state index in [-0.39, 0.29) is 6.10 Å². The fraction of sp³-hybridized carbons (Fsp3) is 0.600. The van der Waals surface area contributed by atoms with Crippen LogP contribution < -0.4 is 15.6 Å². The van der Waals surface area contributed by atoms with E-state index in [0.29, 0.717) is 5.11 Å². The number of hydrogen-bond acceptors (Lipinski definition) is 6. The van der Waals surface area contributed by atoms with Gasteiger partial charge in [-0.05, 0) is 37.2 Å². The summed E-state index contributed by atoms with van der Waals surface area (Å²) in [4.78, 5) is 3.44. The molecule has 1 aromatic heterocycles. The van der Waals surface area contributed by atoms with Gasteiger partial charge in [0.2, 0.25) is 0 Å². The Morgan fingerprint density at radius 2 is 2.26 bits per heavy atom. The molecule has 0 saturated carbocycles. The Labute approximate surface area is 145 Å². The lowest BCUT2D eigenvalue weighted by Gasteiger charge is -2.27. The summed E-state index contributed by atoms with van der Waals surface area (Å²) in [5, 5.41) is 9.11. The second-order valence-corrected chi connectivity index (χ2v) is 6.99. The summed E-state index contributed by atoms with van der Waals surface area (Å²) in [6.45, 7) is 5.09. The molecule has 0 amide bonds. The standard InChI is InChI=1S/C15H22N4O2S2/c22-15(16-10-12-2-1-7-21-12)18-17-11-13-3-4-14(23-13)19-5-8-20-9-6-19/h3-4,11-12H,1-2,5-10H2,(H2,16,18,22). The van der Waals surface area contributed by atoms with Crippen molar-refractivity contribution in [1.82, 2.24) is 10.7 Å². The van der Waals surface area contributed by atoms with Crippen molar-refractivity contribution >= 4 is 39.9 Å². The Bertz CT molecular complexity index is 537. The Balaban J connectivity index is 1.40. The molecule has 1 aromatic rings. The molecule has 0 bridgehead atoms. The highest BCUT2D eigenvalue weighted by atomic mass is 32.1. The second kappa shape index (κ2) is 8.58. The van der Waals surface area contributed by atoms with Crippen LogP contribution >= 0.6 is 23.6 Å². The summed E-state index contributed by atoms with van der Waals surface area (Å²) in [6.07, 6.45) is 4.30. The molecule has 2 aliphatic heterocycles. The van der Waals surface area contributed by atoms with E-state index in [9.17, 15) is 0 Å². The lowest BCUT2D eigenvalue weighted by atomic mass is 10.2. The topological polar surface area (TPSA) is 58.1 Å². The number of nitrogens with one attached hydrogen (secondary N) is 2. The van der Waals surface area contributed by atoms with Crippen LogP contribution in [0.15, 0.2) is 17.2 Å². The molecule has 2 fully saturated rings. The smallest absolute Gasteiger partial charge is 0.187 e. The van der Waals surface area contributed by atoms with Gasteiger partial charge in [-0.1, -0.05) is 0 Å². The first-order valence-corrected chi connectivity index (χ1v) is 9.15. The van der Waals surface area contributed by atoms with E-state index in [0.717, 1.165) is 57.2 Å². The maximum atomic E-state index is 5.54. The number of hydrogen-bond donors (Lipinski definition) is 2. The molecule has 8 heteroatoms.